The zero-order valence-corrected chi connectivity index (χ0v) is 13.5. The standard InChI is InChI=1S/C18H22N2O3/c1-13(2)17(14-5-7-19-8-6-14)18(21)20-9-11-23-16(12-20)15-4-3-10-22-15/h3-8,10,13,16-17H,9,11-12H2,1-2H3/t16-,17-/m1/s1. The van der Waals surface area contributed by atoms with Gasteiger partial charge in [-0.1, -0.05) is 13.8 Å². The minimum atomic E-state index is -0.187. The monoisotopic (exact) mass is 314 g/mol. The van der Waals surface area contributed by atoms with Crippen LogP contribution in [0.15, 0.2) is 47.3 Å². The molecule has 0 bridgehead atoms. The number of carbonyl (C=O) groups is 1. The highest BCUT2D eigenvalue weighted by Crippen LogP contribution is 2.29. The third kappa shape index (κ3) is 3.45. The molecule has 0 radical (unpaired) electrons. The van der Waals surface area contributed by atoms with Crippen molar-refractivity contribution in [2.24, 2.45) is 5.92 Å². The maximum Gasteiger partial charge on any atom is 0.230 e. The molecule has 2 aromatic rings. The first-order chi connectivity index (χ1) is 11.2. The number of rotatable bonds is 4. The first-order valence-corrected chi connectivity index (χ1v) is 8.00. The fourth-order valence-corrected chi connectivity index (χ4v) is 3.08. The second-order valence-electron chi connectivity index (χ2n) is 6.16. The SMILES string of the molecule is CC(C)[C@@H](C(=O)N1CCO[C@@H](c2ccco2)C1)c1ccncc1. The van der Waals surface area contributed by atoms with E-state index in [1.807, 2.05) is 29.2 Å². The number of morpholine rings is 1. The van der Waals surface area contributed by atoms with Crippen LogP contribution in [0.5, 0.6) is 0 Å². The molecule has 23 heavy (non-hydrogen) atoms. The number of hydrogen-bond donors (Lipinski definition) is 0. The largest absolute Gasteiger partial charge is 0.467 e. The second kappa shape index (κ2) is 6.96. The molecule has 0 N–H and O–H groups in total. The molecule has 5 nitrogen and oxygen atoms in total. The van der Waals surface area contributed by atoms with Crippen molar-refractivity contribution in [3.63, 3.8) is 0 Å². The molecule has 1 saturated heterocycles. The van der Waals surface area contributed by atoms with E-state index in [9.17, 15) is 4.79 Å². The summed E-state index contributed by atoms with van der Waals surface area (Å²) >= 11 is 0. The molecule has 1 amide bonds. The maximum atomic E-state index is 13.1. The summed E-state index contributed by atoms with van der Waals surface area (Å²) in [4.78, 5) is 19.0. The van der Waals surface area contributed by atoms with Crippen molar-refractivity contribution in [1.82, 2.24) is 9.88 Å². The lowest BCUT2D eigenvalue weighted by Crippen LogP contribution is -2.45. The van der Waals surface area contributed by atoms with E-state index in [0.717, 1.165) is 11.3 Å². The molecule has 122 valence electrons. The van der Waals surface area contributed by atoms with Crippen molar-refractivity contribution >= 4 is 5.91 Å². The summed E-state index contributed by atoms with van der Waals surface area (Å²) in [5, 5.41) is 0. The zero-order chi connectivity index (χ0) is 16.2. The minimum Gasteiger partial charge on any atom is -0.467 e. The van der Waals surface area contributed by atoms with Gasteiger partial charge < -0.3 is 14.1 Å². The maximum absolute atomic E-state index is 13.1. The van der Waals surface area contributed by atoms with Gasteiger partial charge in [-0.2, -0.15) is 0 Å². The summed E-state index contributed by atoms with van der Waals surface area (Å²) in [5.41, 5.74) is 1.01. The topological polar surface area (TPSA) is 55.6 Å². The molecule has 1 aliphatic heterocycles. The molecule has 5 heteroatoms. The Labute approximate surface area is 136 Å². The van der Waals surface area contributed by atoms with Gasteiger partial charge in [-0.3, -0.25) is 9.78 Å². The molecule has 0 aliphatic carbocycles. The van der Waals surface area contributed by atoms with Gasteiger partial charge in [0, 0.05) is 18.9 Å². The molecule has 0 saturated carbocycles. The number of ether oxygens (including phenoxy) is 1. The van der Waals surface area contributed by atoms with Crippen molar-refractivity contribution < 1.29 is 13.9 Å². The third-order valence-corrected chi connectivity index (χ3v) is 4.24. The van der Waals surface area contributed by atoms with Crippen LogP contribution in [0.3, 0.4) is 0 Å². The van der Waals surface area contributed by atoms with E-state index in [1.165, 1.54) is 0 Å². The van der Waals surface area contributed by atoms with Crippen LogP contribution in [-0.2, 0) is 9.53 Å². The molecule has 3 rings (SSSR count). The lowest BCUT2D eigenvalue weighted by atomic mass is 9.87. The van der Waals surface area contributed by atoms with Crippen LogP contribution >= 0.6 is 0 Å². The molecule has 3 heterocycles. The minimum absolute atomic E-state index is 0.144. The van der Waals surface area contributed by atoms with E-state index in [1.54, 1.807) is 18.7 Å². The summed E-state index contributed by atoms with van der Waals surface area (Å²) in [5.74, 6) is 0.974. The number of hydrogen-bond acceptors (Lipinski definition) is 4. The predicted octanol–water partition coefficient (Wildman–Crippen LogP) is 3.01. The summed E-state index contributed by atoms with van der Waals surface area (Å²) in [6, 6.07) is 7.58. The number of furan rings is 1. The van der Waals surface area contributed by atoms with Crippen molar-refractivity contribution in [3.05, 3.63) is 54.2 Å². The molecule has 0 unspecified atom stereocenters. The fraction of sp³-hybridized carbons (Fsp3) is 0.444. The van der Waals surface area contributed by atoms with Crippen molar-refractivity contribution in [2.75, 3.05) is 19.7 Å². The number of nitrogens with zero attached hydrogens (tertiary/aromatic N) is 2. The first kappa shape index (κ1) is 15.7. The molecular formula is C18H22N2O3. The van der Waals surface area contributed by atoms with Gasteiger partial charge in [-0.05, 0) is 35.7 Å². The van der Waals surface area contributed by atoms with Gasteiger partial charge in [0.2, 0.25) is 5.91 Å². The van der Waals surface area contributed by atoms with Gasteiger partial charge in [-0.15, -0.1) is 0 Å². The second-order valence-corrected chi connectivity index (χ2v) is 6.16. The fourth-order valence-electron chi connectivity index (χ4n) is 3.08. The average molecular weight is 314 g/mol. The Kier molecular flexibility index (Phi) is 4.76. The molecular weight excluding hydrogens is 292 g/mol. The van der Waals surface area contributed by atoms with Crippen LogP contribution in [0, 0.1) is 5.92 Å². The Hall–Kier alpha value is -2.14. The zero-order valence-electron chi connectivity index (χ0n) is 13.5. The van der Waals surface area contributed by atoms with Gasteiger partial charge in [0.15, 0.2) is 0 Å². The van der Waals surface area contributed by atoms with Crippen LogP contribution < -0.4 is 0 Å². The Bertz CT molecular complexity index is 625. The Morgan fingerprint density at radius 1 is 1.30 bits per heavy atom. The molecule has 2 aromatic heterocycles. The number of amides is 1. The quantitative estimate of drug-likeness (QED) is 0.870. The Morgan fingerprint density at radius 2 is 2.09 bits per heavy atom. The first-order valence-electron chi connectivity index (χ1n) is 8.00. The van der Waals surface area contributed by atoms with Crippen LogP contribution in [0.1, 0.15) is 37.2 Å². The number of aromatic nitrogens is 1. The highest BCUT2D eigenvalue weighted by molar-refractivity contribution is 5.84. The summed E-state index contributed by atoms with van der Waals surface area (Å²) in [6.45, 7) is 5.82. The van der Waals surface area contributed by atoms with Gasteiger partial charge >= 0.3 is 0 Å². The molecule has 2 atom stereocenters. The van der Waals surface area contributed by atoms with Crippen LogP contribution in [0.25, 0.3) is 0 Å². The molecule has 0 aromatic carbocycles. The van der Waals surface area contributed by atoms with Crippen molar-refractivity contribution in [2.45, 2.75) is 25.9 Å². The van der Waals surface area contributed by atoms with Gasteiger partial charge in [0.1, 0.15) is 11.9 Å². The van der Waals surface area contributed by atoms with Crippen molar-refractivity contribution in [3.8, 4) is 0 Å². The van der Waals surface area contributed by atoms with Gasteiger partial charge in [-0.25, -0.2) is 0 Å². The summed E-state index contributed by atoms with van der Waals surface area (Å²) in [7, 11) is 0. The van der Waals surface area contributed by atoms with E-state index in [-0.39, 0.29) is 23.8 Å². The highest BCUT2D eigenvalue weighted by atomic mass is 16.5. The molecule has 0 spiro atoms. The third-order valence-electron chi connectivity index (χ3n) is 4.24. The van der Waals surface area contributed by atoms with Gasteiger partial charge in [0.05, 0.1) is 25.3 Å². The highest BCUT2D eigenvalue weighted by Gasteiger charge is 2.33. The molecule has 1 fully saturated rings. The van der Waals surface area contributed by atoms with E-state index in [2.05, 4.69) is 18.8 Å². The predicted molar refractivity (Wildman–Crippen MR) is 85.8 cm³/mol. The van der Waals surface area contributed by atoms with Crippen molar-refractivity contribution in [1.29, 1.82) is 0 Å². The summed E-state index contributed by atoms with van der Waals surface area (Å²) < 4.78 is 11.2. The lowest BCUT2D eigenvalue weighted by molar-refractivity contribution is -0.142. The van der Waals surface area contributed by atoms with Crippen LogP contribution in [0.4, 0.5) is 0 Å². The number of carbonyl (C=O) groups excluding carboxylic acids is 1. The van der Waals surface area contributed by atoms with Crippen LogP contribution in [-0.4, -0.2) is 35.5 Å². The smallest absolute Gasteiger partial charge is 0.230 e. The number of pyridine rings is 1. The average Bonchev–Trinajstić information content (AvgIpc) is 3.10. The van der Waals surface area contributed by atoms with E-state index >= 15 is 0 Å². The van der Waals surface area contributed by atoms with E-state index in [0.29, 0.717) is 19.7 Å². The Morgan fingerprint density at radius 3 is 2.74 bits per heavy atom. The van der Waals surface area contributed by atoms with E-state index in [4.69, 9.17) is 9.15 Å². The normalized spacial score (nSPS) is 19.8. The van der Waals surface area contributed by atoms with E-state index < -0.39 is 0 Å². The molecule has 1 aliphatic rings. The van der Waals surface area contributed by atoms with Gasteiger partial charge in [0.25, 0.3) is 0 Å². The lowest BCUT2D eigenvalue weighted by Gasteiger charge is -2.35. The summed E-state index contributed by atoms with van der Waals surface area (Å²) in [6.07, 6.45) is 4.92. The Balaban J connectivity index is 1.77. The van der Waals surface area contributed by atoms with Crippen LogP contribution in [0.2, 0.25) is 0 Å².